The molecule has 0 aromatic carbocycles. The Kier molecular flexibility index (Phi) is 0.255. The second kappa shape index (κ2) is 0.630. The highest BCUT2D eigenvalue weighted by Crippen LogP contribution is 2.88. The molecule has 0 N–H and O–H groups in total. The fourth-order valence-corrected chi connectivity index (χ4v) is 4.31. The molecule has 8 heavy (non-hydrogen) atoms. The van der Waals surface area contributed by atoms with Gasteiger partial charge in [-0.25, -0.2) is 0 Å². The van der Waals surface area contributed by atoms with Gasteiger partial charge >= 0.3 is 0 Å². The summed E-state index contributed by atoms with van der Waals surface area (Å²) in [5.41, 5.74) is 0. The molecule has 0 aromatic rings. The fraction of sp³-hybridized carbons (Fsp3) is 1.00. The summed E-state index contributed by atoms with van der Waals surface area (Å²) < 4.78 is 0. The minimum atomic E-state index is 1.27. The summed E-state index contributed by atoms with van der Waals surface area (Å²) in [7, 11) is 0. The van der Waals surface area contributed by atoms with E-state index in [1.807, 2.05) is 0 Å². The second-order valence-corrected chi connectivity index (χ2v) is 4.21. The molecule has 0 radical (unpaired) electrons. The van der Waals surface area contributed by atoms with Crippen molar-refractivity contribution in [3.8, 4) is 0 Å². The van der Waals surface area contributed by atoms with Gasteiger partial charge in [-0.1, -0.05) is 0 Å². The molecule has 0 nitrogen and oxygen atoms in total. The lowest BCUT2D eigenvalue weighted by Crippen LogP contribution is -2.31. The number of rotatable bonds is 0. The van der Waals surface area contributed by atoms with E-state index in [1.165, 1.54) is 35.5 Å². The summed E-state index contributed by atoms with van der Waals surface area (Å²) in [6.45, 7) is 0. The summed E-state index contributed by atoms with van der Waals surface area (Å²) in [6.07, 6.45) is 3.24. The monoisotopic (exact) mass is 106 g/mol. The lowest BCUT2D eigenvalue weighted by atomic mass is 9.70. The van der Waals surface area contributed by atoms with Crippen molar-refractivity contribution in [2.45, 2.75) is 12.8 Å². The molecule has 0 spiro atoms. The molecule has 0 bridgehead atoms. The number of hydrogen-bond donors (Lipinski definition) is 0. The van der Waals surface area contributed by atoms with Gasteiger partial charge in [0.2, 0.25) is 0 Å². The van der Waals surface area contributed by atoms with Crippen LogP contribution in [0.3, 0.4) is 0 Å². The molecule has 4 aliphatic rings. The highest BCUT2D eigenvalue weighted by molar-refractivity contribution is 5.30. The van der Waals surface area contributed by atoms with Crippen molar-refractivity contribution in [1.29, 1.82) is 0 Å². The fourth-order valence-electron chi connectivity index (χ4n) is 4.31. The van der Waals surface area contributed by atoms with Crippen LogP contribution in [-0.2, 0) is 0 Å². The van der Waals surface area contributed by atoms with Gasteiger partial charge in [0.05, 0.1) is 0 Å². The van der Waals surface area contributed by atoms with Gasteiger partial charge in [-0.2, -0.15) is 0 Å². The molecular formula is C8H10. The van der Waals surface area contributed by atoms with E-state index in [2.05, 4.69) is 0 Å². The van der Waals surface area contributed by atoms with Gasteiger partial charge in [-0.05, 0) is 48.3 Å². The maximum atomic E-state index is 1.62. The van der Waals surface area contributed by atoms with E-state index in [0.717, 1.165) is 0 Å². The lowest BCUT2D eigenvalue weighted by Gasteiger charge is -2.34. The molecule has 4 unspecified atom stereocenters. The Morgan fingerprint density at radius 3 is 1.62 bits per heavy atom. The van der Waals surface area contributed by atoms with Crippen LogP contribution in [0.15, 0.2) is 0 Å². The third-order valence-corrected chi connectivity index (χ3v) is 4.45. The molecular weight excluding hydrogens is 96.1 g/mol. The first-order valence-electron chi connectivity index (χ1n) is 3.98. The topological polar surface area (TPSA) is 0 Å². The molecule has 0 heterocycles. The Bertz CT molecular complexity index is 155. The third kappa shape index (κ3) is 0.122. The van der Waals surface area contributed by atoms with Gasteiger partial charge in [-0.3, -0.25) is 0 Å². The van der Waals surface area contributed by atoms with Crippen LogP contribution in [-0.4, -0.2) is 0 Å². The van der Waals surface area contributed by atoms with E-state index in [4.69, 9.17) is 0 Å². The van der Waals surface area contributed by atoms with E-state index < -0.39 is 0 Å². The van der Waals surface area contributed by atoms with E-state index in [0.29, 0.717) is 0 Å². The summed E-state index contributed by atoms with van der Waals surface area (Å²) in [5.74, 6) is 7.76. The maximum Gasteiger partial charge on any atom is -0.0312 e. The van der Waals surface area contributed by atoms with Crippen LogP contribution < -0.4 is 0 Å². The van der Waals surface area contributed by atoms with Crippen LogP contribution in [0.2, 0.25) is 0 Å². The average Bonchev–Trinajstić information content (AvgIpc) is 2.04. The molecule has 4 fully saturated rings. The summed E-state index contributed by atoms with van der Waals surface area (Å²) >= 11 is 0. The molecule has 4 aliphatic carbocycles. The number of fused-ring (bicyclic) bond motifs is 3. The molecule has 0 aromatic heterocycles. The first-order chi connectivity index (χ1) is 3.98. The largest absolute Gasteiger partial charge is 0.0496 e. The zero-order valence-corrected chi connectivity index (χ0v) is 4.88. The predicted octanol–water partition coefficient (Wildman–Crippen LogP) is 1.52. The Balaban J connectivity index is 2.01. The zero-order valence-electron chi connectivity index (χ0n) is 4.88. The molecule has 0 aliphatic heterocycles. The summed E-state index contributed by atoms with van der Waals surface area (Å²) in [5, 5.41) is 0. The van der Waals surface area contributed by atoms with Crippen LogP contribution in [0, 0.1) is 35.5 Å². The predicted molar refractivity (Wildman–Crippen MR) is 30.2 cm³/mol. The lowest BCUT2D eigenvalue weighted by molar-refractivity contribution is 0.123. The molecule has 0 saturated heterocycles. The van der Waals surface area contributed by atoms with Crippen molar-refractivity contribution in [3.63, 3.8) is 0 Å². The second-order valence-electron chi connectivity index (χ2n) is 4.21. The van der Waals surface area contributed by atoms with Crippen molar-refractivity contribution >= 4 is 0 Å². The van der Waals surface area contributed by atoms with Gasteiger partial charge in [0, 0.05) is 0 Å². The van der Waals surface area contributed by atoms with Crippen LogP contribution in [0.25, 0.3) is 0 Å². The van der Waals surface area contributed by atoms with Gasteiger partial charge in [0.25, 0.3) is 0 Å². The third-order valence-electron chi connectivity index (χ3n) is 4.45. The van der Waals surface area contributed by atoms with Crippen LogP contribution >= 0.6 is 0 Å². The molecule has 4 atom stereocenters. The average molecular weight is 106 g/mol. The standard InChI is InChI=1S/C8H10/c1-2-4-5-3(1)6-7(4)8(5)6/h3-8H,1-2H2. The Hall–Kier alpha value is 0. The highest BCUT2D eigenvalue weighted by Gasteiger charge is 2.83. The number of hydrogen-bond acceptors (Lipinski definition) is 0. The van der Waals surface area contributed by atoms with Crippen LogP contribution in [0.1, 0.15) is 12.8 Å². The first-order valence-corrected chi connectivity index (χ1v) is 3.98. The minimum absolute atomic E-state index is 1.27. The van der Waals surface area contributed by atoms with E-state index in [-0.39, 0.29) is 0 Å². The van der Waals surface area contributed by atoms with Crippen molar-refractivity contribution in [2.75, 3.05) is 0 Å². The van der Waals surface area contributed by atoms with Crippen molar-refractivity contribution in [1.82, 2.24) is 0 Å². The SMILES string of the molecule is C1CC2C3C1C1C2C31. The van der Waals surface area contributed by atoms with Crippen molar-refractivity contribution < 1.29 is 0 Å². The maximum absolute atomic E-state index is 1.62. The minimum Gasteiger partial charge on any atom is -0.0496 e. The van der Waals surface area contributed by atoms with Gasteiger partial charge in [-0.15, -0.1) is 0 Å². The van der Waals surface area contributed by atoms with Gasteiger partial charge in [0.15, 0.2) is 0 Å². The van der Waals surface area contributed by atoms with E-state index >= 15 is 0 Å². The molecule has 0 heteroatoms. The molecule has 0 amide bonds. The van der Waals surface area contributed by atoms with Crippen molar-refractivity contribution in [2.24, 2.45) is 35.5 Å². The Labute approximate surface area is 49.3 Å². The molecule has 4 rings (SSSR count). The quantitative estimate of drug-likeness (QED) is 0.439. The Morgan fingerprint density at radius 2 is 1.25 bits per heavy atom. The summed E-state index contributed by atoms with van der Waals surface area (Å²) in [4.78, 5) is 0. The first kappa shape index (κ1) is 3.24. The van der Waals surface area contributed by atoms with Gasteiger partial charge in [0.1, 0.15) is 0 Å². The summed E-state index contributed by atoms with van der Waals surface area (Å²) in [6, 6.07) is 0. The highest BCUT2D eigenvalue weighted by atomic mass is 14.9. The van der Waals surface area contributed by atoms with E-state index in [1.54, 1.807) is 12.8 Å². The molecule has 4 saturated carbocycles. The molecule has 42 valence electrons. The van der Waals surface area contributed by atoms with E-state index in [9.17, 15) is 0 Å². The zero-order chi connectivity index (χ0) is 4.88. The van der Waals surface area contributed by atoms with Crippen molar-refractivity contribution in [3.05, 3.63) is 0 Å². The Morgan fingerprint density at radius 1 is 0.625 bits per heavy atom. The van der Waals surface area contributed by atoms with Crippen LogP contribution in [0.4, 0.5) is 0 Å². The van der Waals surface area contributed by atoms with Gasteiger partial charge < -0.3 is 0 Å². The van der Waals surface area contributed by atoms with Crippen LogP contribution in [0.5, 0.6) is 0 Å². The smallest absolute Gasteiger partial charge is 0.0312 e. The normalized spacial score (nSPS) is 87.0.